The second-order valence-corrected chi connectivity index (χ2v) is 4.49. The maximum absolute atomic E-state index is 12.1. The predicted octanol–water partition coefficient (Wildman–Crippen LogP) is 1.32. The molecule has 5 nitrogen and oxygen atoms in total. The fourth-order valence-corrected chi connectivity index (χ4v) is 2.16. The van der Waals surface area contributed by atoms with Crippen molar-refractivity contribution in [2.45, 2.75) is 26.2 Å². The van der Waals surface area contributed by atoms with E-state index in [0.29, 0.717) is 11.5 Å². The molecule has 1 aromatic heterocycles. The topological polar surface area (TPSA) is 72.1 Å². The highest BCUT2D eigenvalue weighted by Gasteiger charge is 2.23. The summed E-state index contributed by atoms with van der Waals surface area (Å²) in [6.45, 7) is 3.85. The van der Waals surface area contributed by atoms with Crippen LogP contribution in [0.4, 0.5) is 5.82 Å². The molecule has 0 spiro atoms. The molecule has 1 saturated heterocycles. The summed E-state index contributed by atoms with van der Waals surface area (Å²) in [4.78, 5) is 13.9. The van der Waals surface area contributed by atoms with E-state index in [1.54, 1.807) is 12.1 Å². The number of piperidine rings is 1. The van der Waals surface area contributed by atoms with Crippen LogP contribution in [-0.4, -0.2) is 34.1 Å². The first-order valence-electron chi connectivity index (χ1n) is 6.09. The summed E-state index contributed by atoms with van der Waals surface area (Å²) in [7, 11) is 0. The first-order chi connectivity index (χ1) is 8.20. The molecule has 1 fully saturated rings. The Labute approximate surface area is 101 Å². The van der Waals surface area contributed by atoms with Crippen molar-refractivity contribution in [2.75, 3.05) is 18.8 Å². The van der Waals surface area contributed by atoms with Gasteiger partial charge in [0.2, 0.25) is 0 Å². The first kappa shape index (κ1) is 11.8. The van der Waals surface area contributed by atoms with Crippen LogP contribution in [0.5, 0.6) is 0 Å². The Morgan fingerprint density at radius 2 is 2.12 bits per heavy atom. The van der Waals surface area contributed by atoms with Gasteiger partial charge in [-0.3, -0.25) is 4.79 Å². The molecule has 1 amide bonds. The van der Waals surface area contributed by atoms with Gasteiger partial charge in [0.15, 0.2) is 5.69 Å². The van der Waals surface area contributed by atoms with Crippen LogP contribution in [0, 0.1) is 5.92 Å². The highest BCUT2D eigenvalue weighted by atomic mass is 16.2. The molecule has 0 aromatic carbocycles. The Hall–Kier alpha value is -1.65. The Morgan fingerprint density at radius 3 is 2.65 bits per heavy atom. The van der Waals surface area contributed by atoms with Gasteiger partial charge >= 0.3 is 0 Å². The van der Waals surface area contributed by atoms with Crippen LogP contribution < -0.4 is 5.73 Å². The number of likely N-dealkylation sites (tertiary alicyclic amines) is 1. The smallest absolute Gasteiger partial charge is 0.274 e. The summed E-state index contributed by atoms with van der Waals surface area (Å²) in [5, 5.41) is 7.53. The van der Waals surface area contributed by atoms with Gasteiger partial charge in [-0.25, -0.2) is 0 Å². The van der Waals surface area contributed by atoms with Gasteiger partial charge in [0.25, 0.3) is 5.91 Å². The Balaban J connectivity index is 1.99. The molecule has 0 unspecified atom stereocenters. The van der Waals surface area contributed by atoms with E-state index in [2.05, 4.69) is 17.1 Å². The molecule has 1 aliphatic rings. The van der Waals surface area contributed by atoms with Crippen molar-refractivity contribution in [1.29, 1.82) is 0 Å². The summed E-state index contributed by atoms with van der Waals surface area (Å²) in [6.07, 6.45) is 3.37. The van der Waals surface area contributed by atoms with Crippen molar-refractivity contribution in [3.63, 3.8) is 0 Å². The third kappa shape index (κ3) is 2.72. The first-order valence-corrected chi connectivity index (χ1v) is 6.09. The number of hydrogen-bond acceptors (Lipinski definition) is 4. The summed E-state index contributed by atoms with van der Waals surface area (Å²) in [6, 6.07) is 3.25. The number of hydrogen-bond donors (Lipinski definition) is 1. The average Bonchev–Trinajstić information content (AvgIpc) is 2.39. The zero-order valence-corrected chi connectivity index (χ0v) is 10.1. The summed E-state index contributed by atoms with van der Waals surface area (Å²) >= 11 is 0. The van der Waals surface area contributed by atoms with Gasteiger partial charge in [-0.2, -0.15) is 0 Å². The van der Waals surface area contributed by atoms with E-state index in [4.69, 9.17) is 5.73 Å². The van der Waals surface area contributed by atoms with Crippen LogP contribution in [-0.2, 0) is 0 Å². The Kier molecular flexibility index (Phi) is 3.56. The molecule has 92 valence electrons. The maximum atomic E-state index is 12.1. The lowest BCUT2D eigenvalue weighted by atomic mass is 9.94. The SMILES string of the molecule is CCC1CCN(C(=O)c2ccc(N)nn2)CC1. The lowest BCUT2D eigenvalue weighted by molar-refractivity contribution is 0.0681. The molecule has 0 bridgehead atoms. The van der Waals surface area contributed by atoms with E-state index >= 15 is 0 Å². The molecule has 5 heteroatoms. The average molecular weight is 234 g/mol. The van der Waals surface area contributed by atoms with Gasteiger partial charge in [-0.1, -0.05) is 13.3 Å². The fraction of sp³-hybridized carbons (Fsp3) is 0.583. The fourth-order valence-electron chi connectivity index (χ4n) is 2.16. The van der Waals surface area contributed by atoms with Crippen LogP contribution in [0.3, 0.4) is 0 Å². The molecule has 2 N–H and O–H groups in total. The van der Waals surface area contributed by atoms with Gasteiger partial charge in [-0.15, -0.1) is 10.2 Å². The molecule has 1 aromatic rings. The molecule has 0 atom stereocenters. The lowest BCUT2D eigenvalue weighted by Gasteiger charge is -2.31. The highest BCUT2D eigenvalue weighted by Crippen LogP contribution is 2.20. The van der Waals surface area contributed by atoms with Crippen molar-refractivity contribution in [3.05, 3.63) is 17.8 Å². The molecule has 1 aliphatic heterocycles. The molecule has 0 saturated carbocycles. The number of carbonyl (C=O) groups excluding carboxylic acids is 1. The van der Waals surface area contributed by atoms with Crippen LogP contribution in [0.1, 0.15) is 36.7 Å². The molecule has 2 heterocycles. The molecule has 0 aliphatic carbocycles. The van der Waals surface area contributed by atoms with Crippen LogP contribution in [0.2, 0.25) is 0 Å². The minimum Gasteiger partial charge on any atom is -0.382 e. The predicted molar refractivity (Wildman–Crippen MR) is 65.4 cm³/mol. The van der Waals surface area contributed by atoms with Gasteiger partial charge in [0, 0.05) is 13.1 Å². The number of aromatic nitrogens is 2. The van der Waals surface area contributed by atoms with Crippen molar-refractivity contribution in [2.24, 2.45) is 5.92 Å². The summed E-state index contributed by atoms with van der Waals surface area (Å²) in [5.41, 5.74) is 5.83. The monoisotopic (exact) mass is 234 g/mol. The molecular weight excluding hydrogens is 216 g/mol. The van der Waals surface area contributed by atoms with Gasteiger partial charge in [0.1, 0.15) is 5.82 Å². The largest absolute Gasteiger partial charge is 0.382 e. The molecule has 2 rings (SSSR count). The van der Waals surface area contributed by atoms with Gasteiger partial charge < -0.3 is 10.6 Å². The molecule has 0 radical (unpaired) electrons. The van der Waals surface area contributed by atoms with E-state index in [-0.39, 0.29) is 5.91 Å². The Bertz CT molecular complexity index is 382. The minimum atomic E-state index is -0.0351. The van der Waals surface area contributed by atoms with E-state index in [1.807, 2.05) is 4.90 Å². The Morgan fingerprint density at radius 1 is 1.41 bits per heavy atom. The van der Waals surface area contributed by atoms with Crippen molar-refractivity contribution >= 4 is 11.7 Å². The van der Waals surface area contributed by atoms with Crippen LogP contribution in [0.15, 0.2) is 12.1 Å². The second kappa shape index (κ2) is 5.12. The zero-order chi connectivity index (χ0) is 12.3. The van der Waals surface area contributed by atoms with E-state index in [0.717, 1.165) is 31.8 Å². The van der Waals surface area contributed by atoms with Gasteiger partial charge in [0.05, 0.1) is 0 Å². The highest BCUT2D eigenvalue weighted by molar-refractivity contribution is 5.92. The molecule has 17 heavy (non-hydrogen) atoms. The molecular formula is C12H18N4O. The van der Waals surface area contributed by atoms with Gasteiger partial charge in [-0.05, 0) is 30.9 Å². The number of carbonyl (C=O) groups is 1. The number of nitrogens with zero attached hydrogens (tertiary/aromatic N) is 3. The van der Waals surface area contributed by atoms with E-state index < -0.39 is 0 Å². The quantitative estimate of drug-likeness (QED) is 0.837. The van der Waals surface area contributed by atoms with Crippen LogP contribution >= 0.6 is 0 Å². The van der Waals surface area contributed by atoms with E-state index in [9.17, 15) is 4.79 Å². The minimum absolute atomic E-state index is 0.0351. The number of nitrogen functional groups attached to an aromatic ring is 1. The van der Waals surface area contributed by atoms with Crippen molar-refractivity contribution in [3.8, 4) is 0 Å². The third-order valence-corrected chi connectivity index (χ3v) is 3.38. The number of nitrogens with two attached hydrogens (primary N) is 1. The third-order valence-electron chi connectivity index (χ3n) is 3.38. The number of rotatable bonds is 2. The number of anilines is 1. The normalized spacial score (nSPS) is 17.1. The van der Waals surface area contributed by atoms with E-state index in [1.165, 1.54) is 6.42 Å². The number of amides is 1. The van der Waals surface area contributed by atoms with Crippen LogP contribution in [0.25, 0.3) is 0 Å². The van der Waals surface area contributed by atoms with Crippen molar-refractivity contribution < 1.29 is 4.79 Å². The lowest BCUT2D eigenvalue weighted by Crippen LogP contribution is -2.38. The zero-order valence-electron chi connectivity index (χ0n) is 10.1. The second-order valence-electron chi connectivity index (χ2n) is 4.49. The maximum Gasteiger partial charge on any atom is 0.274 e. The standard InChI is InChI=1S/C12H18N4O/c1-2-9-5-7-16(8-6-9)12(17)10-3-4-11(13)15-14-10/h3-4,9H,2,5-8H2,1H3,(H2,13,15). The summed E-state index contributed by atoms with van der Waals surface area (Å²) < 4.78 is 0. The summed E-state index contributed by atoms with van der Waals surface area (Å²) in [5.74, 6) is 1.06. The van der Waals surface area contributed by atoms with Crippen molar-refractivity contribution in [1.82, 2.24) is 15.1 Å².